The van der Waals surface area contributed by atoms with Crippen molar-refractivity contribution in [2.45, 2.75) is 65.5 Å². The van der Waals surface area contributed by atoms with Gasteiger partial charge in [0.05, 0.1) is 11.5 Å². The molecule has 1 amide bonds. The maximum atomic E-state index is 12.1. The molecule has 0 unspecified atom stereocenters. The van der Waals surface area contributed by atoms with Crippen molar-refractivity contribution in [2.24, 2.45) is 23.2 Å². The summed E-state index contributed by atoms with van der Waals surface area (Å²) in [6.07, 6.45) is 1.06. The quantitative estimate of drug-likeness (QED) is 0.821. The number of rotatable bonds is 2. The van der Waals surface area contributed by atoms with E-state index >= 15 is 0 Å². The minimum atomic E-state index is -0.834. The smallest absolute Gasteiger partial charge is 0.408 e. The second kappa shape index (κ2) is 4.62. The number of carboxylic acids is 1. The monoisotopic (exact) mass is 297 g/mol. The number of nitrogens with one attached hydrogen (secondary N) is 1. The lowest BCUT2D eigenvalue weighted by atomic mass is 9.41. The number of carbonyl (C=O) groups is 2. The lowest BCUT2D eigenvalue weighted by molar-refractivity contribution is -0.178. The molecule has 0 aromatic carbocycles. The fourth-order valence-corrected chi connectivity index (χ4v) is 4.26. The third-order valence-electron chi connectivity index (χ3n) is 5.51. The summed E-state index contributed by atoms with van der Waals surface area (Å²) in [7, 11) is 0. The third-order valence-corrected chi connectivity index (χ3v) is 5.51. The Morgan fingerprint density at radius 2 is 1.76 bits per heavy atom. The van der Waals surface area contributed by atoms with Crippen molar-refractivity contribution in [3.8, 4) is 0 Å². The highest BCUT2D eigenvalue weighted by Crippen LogP contribution is 2.64. The highest BCUT2D eigenvalue weighted by molar-refractivity contribution is 5.76. The topological polar surface area (TPSA) is 75.6 Å². The summed E-state index contributed by atoms with van der Waals surface area (Å²) >= 11 is 0. The van der Waals surface area contributed by atoms with E-state index in [-0.39, 0.29) is 11.3 Å². The van der Waals surface area contributed by atoms with Crippen LogP contribution in [0.1, 0.15) is 54.4 Å². The first-order chi connectivity index (χ1) is 9.38. The Bertz CT molecular complexity index is 465. The summed E-state index contributed by atoms with van der Waals surface area (Å²) in [6.45, 7) is 11.6. The van der Waals surface area contributed by atoms with Crippen LogP contribution in [0, 0.1) is 23.2 Å². The lowest BCUT2D eigenvalue weighted by Crippen LogP contribution is -2.72. The predicted molar refractivity (Wildman–Crippen MR) is 78.9 cm³/mol. The number of fused-ring (bicyclic) bond motifs is 2. The number of carboxylic acid groups (broad SMARTS) is 1. The number of amides is 1. The molecule has 0 spiro atoms. The van der Waals surface area contributed by atoms with Crippen LogP contribution in [0.3, 0.4) is 0 Å². The molecule has 4 atom stereocenters. The molecule has 0 aromatic heterocycles. The van der Waals surface area contributed by atoms with E-state index in [1.165, 1.54) is 0 Å². The molecule has 0 aliphatic heterocycles. The SMILES string of the molecule is CC(C)(C)OC(=O)N[C@@]1(C)[C@@H](C(=O)O)C[C@H]2C[C@@H]1C2(C)C. The van der Waals surface area contributed by atoms with Gasteiger partial charge in [-0.15, -0.1) is 0 Å². The van der Waals surface area contributed by atoms with Gasteiger partial charge in [0.2, 0.25) is 0 Å². The second-order valence-corrected chi connectivity index (χ2v) is 8.34. The first-order valence-electron chi connectivity index (χ1n) is 7.62. The summed E-state index contributed by atoms with van der Waals surface area (Å²) in [4.78, 5) is 23.8. The van der Waals surface area contributed by atoms with Gasteiger partial charge in [-0.1, -0.05) is 13.8 Å². The molecule has 3 aliphatic rings. The average molecular weight is 297 g/mol. The van der Waals surface area contributed by atoms with Gasteiger partial charge in [0.15, 0.2) is 0 Å². The van der Waals surface area contributed by atoms with E-state index in [9.17, 15) is 14.7 Å². The number of alkyl carbamates (subject to hydrolysis) is 1. The Balaban J connectivity index is 2.22. The molecule has 0 radical (unpaired) electrons. The molecule has 21 heavy (non-hydrogen) atoms. The van der Waals surface area contributed by atoms with Crippen LogP contribution in [0.2, 0.25) is 0 Å². The van der Waals surface area contributed by atoms with Crippen molar-refractivity contribution in [3.63, 3.8) is 0 Å². The summed E-state index contributed by atoms with van der Waals surface area (Å²) in [5.41, 5.74) is -1.28. The van der Waals surface area contributed by atoms with E-state index in [0.29, 0.717) is 12.3 Å². The fourth-order valence-electron chi connectivity index (χ4n) is 4.26. The Morgan fingerprint density at radius 1 is 1.19 bits per heavy atom. The number of aliphatic carboxylic acids is 1. The summed E-state index contributed by atoms with van der Waals surface area (Å²) in [6, 6.07) is 0. The van der Waals surface area contributed by atoms with Gasteiger partial charge in [0.25, 0.3) is 0 Å². The number of ether oxygens (including phenoxy) is 1. The van der Waals surface area contributed by atoms with Crippen LogP contribution >= 0.6 is 0 Å². The molecule has 5 nitrogen and oxygen atoms in total. The van der Waals surface area contributed by atoms with Gasteiger partial charge in [-0.3, -0.25) is 4.79 Å². The van der Waals surface area contributed by atoms with E-state index in [4.69, 9.17) is 4.74 Å². The summed E-state index contributed by atoms with van der Waals surface area (Å²) in [5, 5.41) is 12.4. The standard InChI is InChI=1S/C16H27NO4/c1-14(2,3)21-13(20)17-16(6)10(12(18)19)7-9-8-11(16)15(9,4)5/h9-11H,7-8H2,1-6H3,(H,17,20)(H,18,19)/t9-,10+,11+,16-/m0/s1. The van der Waals surface area contributed by atoms with Gasteiger partial charge < -0.3 is 15.2 Å². The van der Waals surface area contributed by atoms with Gasteiger partial charge in [0, 0.05) is 0 Å². The molecule has 5 heteroatoms. The highest BCUT2D eigenvalue weighted by atomic mass is 16.6. The van der Waals surface area contributed by atoms with Crippen molar-refractivity contribution in [1.82, 2.24) is 5.32 Å². The normalized spacial score (nSPS) is 37.3. The molecule has 3 aliphatic carbocycles. The van der Waals surface area contributed by atoms with Crippen molar-refractivity contribution >= 4 is 12.1 Å². The van der Waals surface area contributed by atoms with Crippen LogP contribution in [-0.4, -0.2) is 28.3 Å². The van der Waals surface area contributed by atoms with Crippen LogP contribution < -0.4 is 5.32 Å². The predicted octanol–water partition coefficient (Wildman–Crippen LogP) is 3.04. The van der Waals surface area contributed by atoms with Gasteiger partial charge in [-0.25, -0.2) is 4.79 Å². The Labute approximate surface area is 126 Å². The lowest BCUT2D eigenvalue weighted by Gasteiger charge is -2.66. The molecule has 2 bridgehead atoms. The van der Waals surface area contributed by atoms with Crippen molar-refractivity contribution in [1.29, 1.82) is 0 Å². The molecule has 3 fully saturated rings. The molecular weight excluding hydrogens is 270 g/mol. The van der Waals surface area contributed by atoms with E-state index in [1.54, 1.807) is 20.8 Å². The molecule has 3 rings (SSSR count). The number of hydrogen-bond donors (Lipinski definition) is 2. The zero-order chi connectivity index (χ0) is 16.2. The highest BCUT2D eigenvalue weighted by Gasteiger charge is 2.65. The van der Waals surface area contributed by atoms with Crippen LogP contribution in [-0.2, 0) is 9.53 Å². The average Bonchev–Trinajstić information content (AvgIpc) is 2.23. The van der Waals surface area contributed by atoms with Crippen molar-refractivity contribution in [2.75, 3.05) is 0 Å². The third kappa shape index (κ3) is 2.62. The Morgan fingerprint density at radius 3 is 2.19 bits per heavy atom. The Hall–Kier alpha value is -1.26. The minimum absolute atomic E-state index is 0.0652. The molecule has 120 valence electrons. The van der Waals surface area contributed by atoms with E-state index in [0.717, 1.165) is 6.42 Å². The zero-order valence-corrected chi connectivity index (χ0v) is 13.8. The van der Waals surface area contributed by atoms with Crippen LogP contribution in [0.4, 0.5) is 4.79 Å². The Kier molecular flexibility index (Phi) is 3.54. The summed E-state index contributed by atoms with van der Waals surface area (Å²) in [5.74, 6) is -0.796. The fraction of sp³-hybridized carbons (Fsp3) is 0.875. The first kappa shape index (κ1) is 16.1. The van der Waals surface area contributed by atoms with Crippen molar-refractivity contribution < 1.29 is 19.4 Å². The molecule has 0 aromatic rings. The maximum Gasteiger partial charge on any atom is 0.408 e. The van der Waals surface area contributed by atoms with Crippen LogP contribution in [0.5, 0.6) is 0 Å². The number of carbonyl (C=O) groups excluding carboxylic acids is 1. The van der Waals surface area contributed by atoms with Gasteiger partial charge >= 0.3 is 12.1 Å². The molecule has 2 N–H and O–H groups in total. The van der Waals surface area contributed by atoms with E-state index < -0.39 is 29.1 Å². The first-order valence-corrected chi connectivity index (χ1v) is 7.62. The molecule has 0 heterocycles. The van der Waals surface area contributed by atoms with E-state index in [2.05, 4.69) is 19.2 Å². The van der Waals surface area contributed by atoms with E-state index in [1.807, 2.05) is 6.92 Å². The summed E-state index contributed by atoms with van der Waals surface area (Å²) < 4.78 is 5.32. The van der Waals surface area contributed by atoms with Gasteiger partial charge in [-0.05, 0) is 57.8 Å². The van der Waals surface area contributed by atoms with Gasteiger partial charge in [0.1, 0.15) is 5.60 Å². The molecule has 3 saturated carbocycles. The zero-order valence-electron chi connectivity index (χ0n) is 13.8. The van der Waals surface area contributed by atoms with Crippen molar-refractivity contribution in [3.05, 3.63) is 0 Å². The minimum Gasteiger partial charge on any atom is -0.481 e. The van der Waals surface area contributed by atoms with Crippen LogP contribution in [0.25, 0.3) is 0 Å². The van der Waals surface area contributed by atoms with Crippen LogP contribution in [0.15, 0.2) is 0 Å². The van der Waals surface area contributed by atoms with Gasteiger partial charge in [-0.2, -0.15) is 0 Å². The molecule has 0 saturated heterocycles. The number of hydrogen-bond acceptors (Lipinski definition) is 3. The second-order valence-electron chi connectivity index (χ2n) is 8.34. The maximum absolute atomic E-state index is 12.1. The largest absolute Gasteiger partial charge is 0.481 e. The molecular formula is C16H27NO4.